The van der Waals surface area contributed by atoms with Gasteiger partial charge in [-0.3, -0.25) is 4.90 Å². The summed E-state index contributed by atoms with van der Waals surface area (Å²) >= 11 is 3.50. The van der Waals surface area contributed by atoms with E-state index in [1.54, 1.807) is 0 Å². The van der Waals surface area contributed by atoms with Gasteiger partial charge in [-0.1, -0.05) is 22.9 Å². The number of aliphatic carboxylic acids is 2. The first-order valence-electron chi connectivity index (χ1n) is 8.66. The molecule has 178 valence electrons. The molecule has 0 amide bonds. The van der Waals surface area contributed by atoms with E-state index in [4.69, 9.17) is 25.5 Å². The maximum atomic E-state index is 10.6. The van der Waals surface area contributed by atoms with E-state index in [-0.39, 0.29) is 0 Å². The third-order valence-corrected chi connectivity index (χ3v) is 4.39. The first-order valence-corrected chi connectivity index (χ1v) is 9.46. The van der Waals surface area contributed by atoms with Crippen molar-refractivity contribution in [2.75, 3.05) is 38.5 Å². The number of carboxylic acids is 2. The van der Waals surface area contributed by atoms with Crippen LogP contribution in [0, 0.1) is 0 Å². The van der Waals surface area contributed by atoms with E-state index in [0.717, 1.165) is 36.3 Å². The lowest BCUT2D eigenvalue weighted by Crippen LogP contribution is -2.45. The van der Waals surface area contributed by atoms with Crippen LogP contribution in [0.15, 0.2) is 22.7 Å². The third-order valence-electron chi connectivity index (χ3n) is 3.90. The lowest BCUT2D eigenvalue weighted by molar-refractivity contribution is -0.193. The fourth-order valence-electron chi connectivity index (χ4n) is 2.22. The molecule has 0 atom stereocenters. The number of rotatable bonds is 3. The second-order valence-electron chi connectivity index (χ2n) is 6.16. The molecule has 14 heteroatoms. The largest absolute Gasteiger partial charge is 0.490 e. The zero-order valence-corrected chi connectivity index (χ0v) is 17.9. The second kappa shape index (κ2) is 12.7. The van der Waals surface area contributed by atoms with Crippen molar-refractivity contribution >= 4 is 33.6 Å². The fraction of sp³-hybridized carbons (Fsp3) is 0.529. The smallest absolute Gasteiger partial charge is 0.475 e. The van der Waals surface area contributed by atoms with E-state index in [1.165, 1.54) is 18.7 Å². The summed E-state index contributed by atoms with van der Waals surface area (Å²) < 4.78 is 64.6. The predicted molar refractivity (Wildman–Crippen MR) is 103 cm³/mol. The van der Waals surface area contributed by atoms with E-state index >= 15 is 0 Å². The summed E-state index contributed by atoms with van der Waals surface area (Å²) in [5, 5.41) is 14.2. The molecule has 0 saturated carbocycles. The minimum atomic E-state index is -5.08. The molecule has 0 unspecified atom stereocenters. The van der Waals surface area contributed by atoms with E-state index < -0.39 is 24.3 Å². The Morgan fingerprint density at radius 1 is 0.968 bits per heavy atom. The van der Waals surface area contributed by atoms with Gasteiger partial charge in [0.1, 0.15) is 0 Å². The van der Waals surface area contributed by atoms with Gasteiger partial charge in [0.25, 0.3) is 0 Å². The molecule has 1 heterocycles. The Balaban J connectivity index is 0.000000536. The molecule has 0 spiro atoms. The van der Waals surface area contributed by atoms with Gasteiger partial charge in [-0.15, -0.1) is 0 Å². The Morgan fingerprint density at radius 2 is 1.35 bits per heavy atom. The summed E-state index contributed by atoms with van der Waals surface area (Å²) in [6.45, 7) is 8.96. The number of anilines is 1. The van der Waals surface area contributed by atoms with Gasteiger partial charge >= 0.3 is 24.3 Å². The van der Waals surface area contributed by atoms with Crippen LogP contribution < -0.4 is 5.73 Å². The van der Waals surface area contributed by atoms with Crippen molar-refractivity contribution in [3.05, 3.63) is 28.2 Å². The summed E-state index contributed by atoms with van der Waals surface area (Å²) in [6.07, 6.45) is -10.2. The van der Waals surface area contributed by atoms with E-state index in [0.29, 0.717) is 0 Å². The molecule has 1 aliphatic heterocycles. The number of nitrogens with zero attached hydrogens (tertiary/aromatic N) is 2. The minimum absolute atomic E-state index is 0.895. The third kappa shape index (κ3) is 12.4. The number of halogens is 7. The normalized spacial score (nSPS) is 15.2. The van der Waals surface area contributed by atoms with Crippen molar-refractivity contribution < 1.29 is 46.1 Å². The Bertz CT molecular complexity index is 699. The molecule has 0 aliphatic carbocycles. The molecule has 7 nitrogen and oxygen atoms in total. The van der Waals surface area contributed by atoms with Gasteiger partial charge < -0.3 is 20.8 Å². The highest BCUT2D eigenvalue weighted by Crippen LogP contribution is 2.20. The molecule has 2 rings (SSSR count). The zero-order valence-electron chi connectivity index (χ0n) is 16.3. The van der Waals surface area contributed by atoms with Crippen LogP contribution in [-0.2, 0) is 16.1 Å². The van der Waals surface area contributed by atoms with Crippen molar-refractivity contribution in [2.24, 2.45) is 0 Å². The summed E-state index contributed by atoms with van der Waals surface area (Å²) in [7, 11) is 0. The van der Waals surface area contributed by atoms with Crippen LogP contribution in [0.2, 0.25) is 0 Å². The average Bonchev–Trinajstić information content (AvgIpc) is 2.65. The molecule has 0 radical (unpaired) electrons. The molecular weight excluding hydrogens is 504 g/mol. The van der Waals surface area contributed by atoms with Crippen LogP contribution in [0.1, 0.15) is 12.5 Å². The number of hydrogen-bond acceptors (Lipinski definition) is 5. The number of carboxylic acid groups (broad SMARTS) is 2. The molecule has 1 aromatic rings. The van der Waals surface area contributed by atoms with E-state index in [1.807, 2.05) is 12.1 Å². The lowest BCUT2D eigenvalue weighted by atomic mass is 10.1. The molecule has 0 bridgehead atoms. The van der Waals surface area contributed by atoms with Crippen LogP contribution in [0.5, 0.6) is 0 Å². The molecule has 1 saturated heterocycles. The molecule has 1 aromatic carbocycles. The molecule has 1 fully saturated rings. The van der Waals surface area contributed by atoms with Gasteiger partial charge in [-0.2, -0.15) is 26.3 Å². The number of carbonyl (C=O) groups is 2. The summed E-state index contributed by atoms with van der Waals surface area (Å²) in [6, 6.07) is 6.09. The fourth-order valence-corrected chi connectivity index (χ4v) is 2.62. The highest BCUT2D eigenvalue weighted by molar-refractivity contribution is 9.10. The number of alkyl halides is 6. The first-order chi connectivity index (χ1) is 14.1. The molecular formula is C17H22BrF6N3O4. The van der Waals surface area contributed by atoms with Gasteiger partial charge in [0.2, 0.25) is 0 Å². The topological polar surface area (TPSA) is 107 Å². The number of hydrogen-bond donors (Lipinski definition) is 3. The van der Waals surface area contributed by atoms with Crippen LogP contribution in [0.25, 0.3) is 0 Å². The maximum Gasteiger partial charge on any atom is 0.490 e. The van der Waals surface area contributed by atoms with Gasteiger partial charge in [0.05, 0.1) is 0 Å². The standard InChI is InChI=1S/C13H20BrN3.2C2HF3O2/c1-2-16-5-7-17(8-6-16)10-11-9-12(14)3-4-13(11)15;2*3-2(4,5)1(6)7/h3-4,9H,2,5-8,10,15H2,1H3;2*(H,6,7). The van der Waals surface area contributed by atoms with Crippen LogP contribution in [0.4, 0.5) is 32.0 Å². The minimum Gasteiger partial charge on any atom is -0.475 e. The van der Waals surface area contributed by atoms with Gasteiger partial charge in [0, 0.05) is 42.9 Å². The van der Waals surface area contributed by atoms with E-state index in [2.05, 4.69) is 38.7 Å². The Hall–Kier alpha value is -2.06. The van der Waals surface area contributed by atoms with Crippen molar-refractivity contribution in [1.82, 2.24) is 9.80 Å². The number of benzene rings is 1. The van der Waals surface area contributed by atoms with Crippen molar-refractivity contribution in [3.8, 4) is 0 Å². The van der Waals surface area contributed by atoms with Crippen molar-refractivity contribution in [1.29, 1.82) is 0 Å². The van der Waals surface area contributed by atoms with Crippen molar-refractivity contribution in [3.63, 3.8) is 0 Å². The summed E-state index contributed by atoms with van der Waals surface area (Å²) in [5.41, 5.74) is 8.12. The number of nitrogens with two attached hydrogens (primary N) is 1. The second-order valence-corrected chi connectivity index (χ2v) is 7.08. The first kappa shape index (κ1) is 28.9. The molecule has 0 aromatic heterocycles. The van der Waals surface area contributed by atoms with E-state index in [9.17, 15) is 26.3 Å². The highest BCUT2D eigenvalue weighted by Gasteiger charge is 2.38. The predicted octanol–water partition coefficient (Wildman–Crippen LogP) is 3.44. The Kier molecular flexibility index (Phi) is 11.9. The Morgan fingerprint density at radius 3 is 1.71 bits per heavy atom. The van der Waals surface area contributed by atoms with Gasteiger partial charge in [-0.25, -0.2) is 9.59 Å². The summed E-state index contributed by atoms with van der Waals surface area (Å²) in [4.78, 5) is 22.8. The monoisotopic (exact) mass is 525 g/mol. The average molecular weight is 526 g/mol. The van der Waals surface area contributed by atoms with Crippen molar-refractivity contribution in [2.45, 2.75) is 25.8 Å². The molecule has 31 heavy (non-hydrogen) atoms. The number of likely N-dealkylation sites (N-methyl/N-ethyl adjacent to an activating group) is 1. The van der Waals surface area contributed by atoms with Crippen LogP contribution in [-0.4, -0.2) is 77.0 Å². The van der Waals surface area contributed by atoms with Crippen LogP contribution in [0.3, 0.4) is 0 Å². The highest BCUT2D eigenvalue weighted by atomic mass is 79.9. The van der Waals surface area contributed by atoms with Gasteiger partial charge in [0.15, 0.2) is 0 Å². The summed E-state index contributed by atoms with van der Waals surface area (Å²) in [5.74, 6) is -5.51. The SMILES string of the molecule is CCN1CCN(Cc2cc(Br)ccc2N)CC1.O=C(O)C(F)(F)F.O=C(O)C(F)(F)F. The Labute approximate surface area is 182 Å². The maximum absolute atomic E-state index is 10.6. The van der Waals surface area contributed by atoms with Gasteiger partial charge in [-0.05, 0) is 30.3 Å². The quantitative estimate of drug-likeness (QED) is 0.410. The lowest BCUT2D eigenvalue weighted by Gasteiger charge is -2.34. The molecule has 1 aliphatic rings. The zero-order chi connectivity index (χ0) is 24.4. The number of nitrogen functional groups attached to an aromatic ring is 1. The molecule has 4 N–H and O–H groups in total. The van der Waals surface area contributed by atoms with Crippen LogP contribution >= 0.6 is 15.9 Å². The number of piperazine rings is 1.